The van der Waals surface area contributed by atoms with Gasteiger partial charge in [-0.15, -0.1) is 0 Å². The number of nitrogens with zero attached hydrogens (tertiary/aromatic N) is 2. The van der Waals surface area contributed by atoms with E-state index in [0.29, 0.717) is 5.69 Å². The van der Waals surface area contributed by atoms with Gasteiger partial charge in [0.15, 0.2) is 11.6 Å². The molecule has 0 N–H and O–H groups in total. The van der Waals surface area contributed by atoms with E-state index >= 15 is 0 Å². The van der Waals surface area contributed by atoms with Gasteiger partial charge >= 0.3 is 0 Å². The van der Waals surface area contributed by atoms with E-state index in [1.165, 1.54) is 13.2 Å². The molecular weight excluding hydrogens is 299 g/mol. The number of hydrogen-bond acceptors (Lipinski definition) is 3. The van der Waals surface area contributed by atoms with E-state index in [4.69, 9.17) is 4.74 Å². The first-order chi connectivity index (χ1) is 8.61. The first-order valence-corrected chi connectivity index (χ1v) is 6.10. The van der Waals surface area contributed by atoms with Gasteiger partial charge < -0.3 is 9.64 Å². The van der Waals surface area contributed by atoms with E-state index in [9.17, 15) is 4.39 Å². The van der Waals surface area contributed by atoms with Crippen molar-refractivity contribution in [3.63, 3.8) is 0 Å². The molecular formula is C13H12BrFN2O. The Morgan fingerprint density at radius 1 is 1.28 bits per heavy atom. The molecule has 0 bridgehead atoms. The number of aromatic nitrogens is 1. The van der Waals surface area contributed by atoms with Gasteiger partial charge in [-0.2, -0.15) is 0 Å². The lowest BCUT2D eigenvalue weighted by molar-refractivity contribution is 0.386. The van der Waals surface area contributed by atoms with Crippen molar-refractivity contribution in [3.8, 4) is 5.75 Å². The molecule has 0 saturated heterocycles. The zero-order valence-electron chi connectivity index (χ0n) is 10.0. The second kappa shape index (κ2) is 5.35. The summed E-state index contributed by atoms with van der Waals surface area (Å²) in [6.45, 7) is 0. The average Bonchev–Trinajstić information content (AvgIpc) is 2.38. The topological polar surface area (TPSA) is 25.4 Å². The Morgan fingerprint density at radius 2 is 2.06 bits per heavy atom. The molecule has 2 rings (SSSR count). The van der Waals surface area contributed by atoms with Gasteiger partial charge in [-0.3, -0.25) is 0 Å². The smallest absolute Gasteiger partial charge is 0.167 e. The number of pyridine rings is 1. The zero-order valence-corrected chi connectivity index (χ0v) is 11.6. The van der Waals surface area contributed by atoms with Crippen LogP contribution in [-0.2, 0) is 0 Å². The lowest BCUT2D eigenvalue weighted by Crippen LogP contribution is -2.11. The van der Waals surface area contributed by atoms with Gasteiger partial charge in [0, 0.05) is 29.5 Å². The molecule has 0 fully saturated rings. The van der Waals surface area contributed by atoms with Crippen molar-refractivity contribution in [3.05, 3.63) is 46.8 Å². The van der Waals surface area contributed by atoms with Crippen LogP contribution in [0.2, 0.25) is 0 Å². The van der Waals surface area contributed by atoms with Crippen LogP contribution in [0, 0.1) is 5.82 Å². The molecule has 2 aromatic rings. The molecule has 0 radical (unpaired) electrons. The van der Waals surface area contributed by atoms with Gasteiger partial charge in [-0.05, 0) is 40.2 Å². The van der Waals surface area contributed by atoms with Crippen LogP contribution in [0.1, 0.15) is 0 Å². The minimum atomic E-state index is -0.390. The highest BCUT2D eigenvalue weighted by Crippen LogP contribution is 2.27. The fourth-order valence-electron chi connectivity index (χ4n) is 1.56. The Morgan fingerprint density at radius 3 is 2.61 bits per heavy atom. The number of hydrogen-bond donors (Lipinski definition) is 0. The maximum atomic E-state index is 13.6. The lowest BCUT2D eigenvalue weighted by atomic mass is 10.2. The lowest BCUT2D eigenvalue weighted by Gasteiger charge is -2.18. The number of anilines is 2. The van der Waals surface area contributed by atoms with Crippen LogP contribution in [0.15, 0.2) is 41.0 Å². The first-order valence-electron chi connectivity index (χ1n) is 5.30. The zero-order chi connectivity index (χ0) is 13.1. The molecule has 5 heteroatoms. The first kappa shape index (κ1) is 12.8. The van der Waals surface area contributed by atoms with E-state index < -0.39 is 0 Å². The van der Waals surface area contributed by atoms with E-state index in [1.807, 2.05) is 19.2 Å². The van der Waals surface area contributed by atoms with E-state index in [-0.39, 0.29) is 11.6 Å². The second-order valence-electron chi connectivity index (χ2n) is 3.71. The van der Waals surface area contributed by atoms with Gasteiger partial charge in [-0.1, -0.05) is 0 Å². The maximum absolute atomic E-state index is 13.6. The van der Waals surface area contributed by atoms with E-state index in [1.54, 1.807) is 23.2 Å². The molecule has 1 heterocycles. The molecule has 0 saturated carbocycles. The number of benzene rings is 1. The molecule has 0 aliphatic heterocycles. The Hall–Kier alpha value is -1.62. The number of halogens is 2. The molecule has 0 aliphatic rings. The maximum Gasteiger partial charge on any atom is 0.167 e. The summed E-state index contributed by atoms with van der Waals surface area (Å²) in [6.07, 6.45) is 1.70. The fourth-order valence-corrected chi connectivity index (χ4v) is 1.80. The van der Waals surface area contributed by atoms with Gasteiger partial charge in [0.05, 0.1) is 7.11 Å². The summed E-state index contributed by atoms with van der Waals surface area (Å²) in [4.78, 5) is 6.05. The van der Waals surface area contributed by atoms with Crippen LogP contribution < -0.4 is 9.64 Å². The van der Waals surface area contributed by atoms with E-state index in [0.717, 1.165) is 10.3 Å². The van der Waals surface area contributed by atoms with Crippen molar-refractivity contribution >= 4 is 27.4 Å². The standard InChI is InChI=1S/C13H12BrFN2O/c1-17(13-6-3-9(14)8-16-13)10-4-5-12(18-2)11(15)7-10/h3-8H,1-2H3. The predicted octanol–water partition coefficient (Wildman–Crippen LogP) is 3.76. The van der Waals surface area contributed by atoms with Crippen LogP contribution in [0.5, 0.6) is 5.75 Å². The molecule has 1 aromatic carbocycles. The normalized spacial score (nSPS) is 10.2. The van der Waals surface area contributed by atoms with Crippen molar-refractivity contribution in [2.75, 3.05) is 19.1 Å². The van der Waals surface area contributed by atoms with Gasteiger partial charge in [0.25, 0.3) is 0 Å². The van der Waals surface area contributed by atoms with Gasteiger partial charge in [-0.25, -0.2) is 9.37 Å². The molecule has 3 nitrogen and oxygen atoms in total. The third-order valence-electron chi connectivity index (χ3n) is 2.58. The van der Waals surface area contributed by atoms with Crippen LogP contribution in [0.3, 0.4) is 0 Å². The second-order valence-corrected chi connectivity index (χ2v) is 4.63. The van der Waals surface area contributed by atoms with Crippen LogP contribution >= 0.6 is 15.9 Å². The van der Waals surface area contributed by atoms with Crippen molar-refractivity contribution in [2.45, 2.75) is 0 Å². The molecule has 0 atom stereocenters. The van der Waals surface area contributed by atoms with Crippen molar-refractivity contribution in [1.82, 2.24) is 4.98 Å². The summed E-state index contributed by atoms with van der Waals surface area (Å²) < 4.78 is 19.4. The summed E-state index contributed by atoms with van der Waals surface area (Å²) >= 11 is 3.32. The SMILES string of the molecule is COc1ccc(N(C)c2ccc(Br)cn2)cc1F. The molecule has 0 aliphatic carbocycles. The summed E-state index contributed by atoms with van der Waals surface area (Å²) in [5.41, 5.74) is 0.711. The van der Waals surface area contributed by atoms with E-state index in [2.05, 4.69) is 20.9 Å². The summed E-state index contributed by atoms with van der Waals surface area (Å²) in [6, 6.07) is 8.54. The quantitative estimate of drug-likeness (QED) is 0.863. The number of rotatable bonds is 3. The Balaban J connectivity index is 2.31. The molecule has 0 amide bonds. The highest BCUT2D eigenvalue weighted by atomic mass is 79.9. The highest BCUT2D eigenvalue weighted by molar-refractivity contribution is 9.10. The third-order valence-corrected chi connectivity index (χ3v) is 3.05. The molecule has 1 aromatic heterocycles. The molecule has 0 unspecified atom stereocenters. The number of ether oxygens (including phenoxy) is 1. The van der Waals surface area contributed by atoms with Crippen molar-refractivity contribution < 1.29 is 9.13 Å². The minimum Gasteiger partial charge on any atom is -0.494 e. The highest BCUT2D eigenvalue weighted by Gasteiger charge is 2.09. The summed E-state index contributed by atoms with van der Waals surface area (Å²) in [5.74, 6) is 0.581. The van der Waals surface area contributed by atoms with Crippen LogP contribution in [0.4, 0.5) is 15.9 Å². The van der Waals surface area contributed by atoms with Crippen LogP contribution in [-0.4, -0.2) is 19.1 Å². The fraction of sp³-hybridized carbons (Fsp3) is 0.154. The Labute approximate surface area is 113 Å². The summed E-state index contributed by atoms with van der Waals surface area (Å²) in [7, 11) is 3.27. The average molecular weight is 311 g/mol. The van der Waals surface area contributed by atoms with Crippen molar-refractivity contribution in [1.29, 1.82) is 0 Å². The Kier molecular flexibility index (Phi) is 3.81. The molecule has 0 spiro atoms. The molecule has 18 heavy (non-hydrogen) atoms. The van der Waals surface area contributed by atoms with Crippen LogP contribution in [0.25, 0.3) is 0 Å². The Bertz CT molecular complexity index is 545. The van der Waals surface area contributed by atoms with Crippen molar-refractivity contribution in [2.24, 2.45) is 0 Å². The third kappa shape index (κ3) is 2.61. The minimum absolute atomic E-state index is 0.232. The van der Waals surface area contributed by atoms with Gasteiger partial charge in [0.1, 0.15) is 5.82 Å². The van der Waals surface area contributed by atoms with Gasteiger partial charge in [0.2, 0.25) is 0 Å². The summed E-state index contributed by atoms with van der Waals surface area (Å²) in [5, 5.41) is 0. The number of methoxy groups -OCH3 is 1. The largest absolute Gasteiger partial charge is 0.494 e. The monoisotopic (exact) mass is 310 g/mol. The molecule has 94 valence electrons. The predicted molar refractivity (Wildman–Crippen MR) is 73.0 cm³/mol.